The molecule has 4 heteroatoms. The lowest BCUT2D eigenvalue weighted by molar-refractivity contribution is 0.142. The van der Waals surface area contributed by atoms with Gasteiger partial charge in [0.1, 0.15) is 5.75 Å². The molecule has 0 aliphatic carbocycles. The van der Waals surface area contributed by atoms with E-state index < -0.39 is 0 Å². The van der Waals surface area contributed by atoms with Gasteiger partial charge in [0.2, 0.25) is 0 Å². The fourth-order valence-corrected chi connectivity index (χ4v) is 4.69. The Bertz CT molecular complexity index is 713. The molecule has 2 unspecified atom stereocenters. The molecule has 3 N–H and O–H groups in total. The van der Waals surface area contributed by atoms with Crippen molar-refractivity contribution in [3.8, 4) is 5.75 Å². The Morgan fingerprint density at radius 2 is 1.70 bits per heavy atom. The largest absolute Gasteiger partial charge is 0.508 e. The summed E-state index contributed by atoms with van der Waals surface area (Å²) in [6.45, 7) is 4.16. The summed E-state index contributed by atoms with van der Waals surface area (Å²) in [5.74, 6) is 1.86. The maximum atomic E-state index is 10.0. The van der Waals surface area contributed by atoms with Crippen molar-refractivity contribution in [3.63, 3.8) is 0 Å². The van der Waals surface area contributed by atoms with Crippen LogP contribution < -0.4 is 10.9 Å². The van der Waals surface area contributed by atoms with Crippen LogP contribution in [0.4, 0.5) is 0 Å². The van der Waals surface area contributed by atoms with E-state index in [0.29, 0.717) is 17.7 Å². The van der Waals surface area contributed by atoms with Crippen LogP contribution in [0.1, 0.15) is 30.4 Å². The first-order chi connectivity index (χ1) is 13.3. The Hall–Kier alpha value is -1.88. The molecule has 2 aliphatic heterocycles. The van der Waals surface area contributed by atoms with E-state index in [1.807, 2.05) is 18.2 Å². The standard InChI is InChI=1S/C23H31N3O/c27-22-9-5-4-8-21(22)17-26-14-12-19(13-15-26)23-20(16-24-25-23)11-10-18-6-2-1-3-7-18/h1-9,19-20,23-25,27H,10-17H2. The third-order valence-corrected chi connectivity index (χ3v) is 6.31. The van der Waals surface area contributed by atoms with Crippen LogP contribution in [-0.4, -0.2) is 35.7 Å². The molecule has 0 bridgehead atoms. The zero-order valence-corrected chi connectivity index (χ0v) is 16.0. The quantitative estimate of drug-likeness (QED) is 0.735. The zero-order valence-electron chi connectivity index (χ0n) is 16.0. The molecular weight excluding hydrogens is 334 g/mol. The Labute approximate surface area is 162 Å². The third-order valence-electron chi connectivity index (χ3n) is 6.31. The molecule has 2 saturated heterocycles. The number of likely N-dealkylation sites (tertiary alicyclic amines) is 1. The molecule has 2 aromatic rings. The zero-order chi connectivity index (χ0) is 18.5. The molecule has 4 rings (SSSR count). The molecule has 2 atom stereocenters. The predicted molar refractivity (Wildman–Crippen MR) is 109 cm³/mol. The number of aryl methyl sites for hydroxylation is 1. The van der Waals surface area contributed by atoms with Gasteiger partial charge in [-0.15, -0.1) is 0 Å². The van der Waals surface area contributed by atoms with Gasteiger partial charge in [-0.3, -0.25) is 15.8 Å². The van der Waals surface area contributed by atoms with Gasteiger partial charge in [-0.05, 0) is 62.2 Å². The summed E-state index contributed by atoms with van der Waals surface area (Å²) in [6.07, 6.45) is 4.87. The third kappa shape index (κ3) is 4.70. The highest BCUT2D eigenvalue weighted by molar-refractivity contribution is 5.31. The van der Waals surface area contributed by atoms with Crippen LogP contribution in [0.25, 0.3) is 0 Å². The van der Waals surface area contributed by atoms with Gasteiger partial charge in [-0.25, -0.2) is 0 Å². The van der Waals surface area contributed by atoms with Crippen LogP contribution in [0.3, 0.4) is 0 Å². The van der Waals surface area contributed by atoms with Gasteiger partial charge in [0, 0.05) is 24.7 Å². The van der Waals surface area contributed by atoms with Crippen molar-refractivity contribution in [2.24, 2.45) is 11.8 Å². The summed E-state index contributed by atoms with van der Waals surface area (Å²) in [6, 6.07) is 19.1. The smallest absolute Gasteiger partial charge is 0.120 e. The van der Waals surface area contributed by atoms with Crippen LogP contribution in [0.2, 0.25) is 0 Å². The number of phenols is 1. The average molecular weight is 366 g/mol. The Balaban J connectivity index is 1.27. The maximum absolute atomic E-state index is 10.0. The van der Waals surface area contributed by atoms with Gasteiger partial charge in [0.25, 0.3) is 0 Å². The second-order valence-corrected chi connectivity index (χ2v) is 8.08. The minimum absolute atomic E-state index is 0.419. The van der Waals surface area contributed by atoms with Crippen LogP contribution in [0, 0.1) is 11.8 Å². The van der Waals surface area contributed by atoms with Gasteiger partial charge in [0.05, 0.1) is 0 Å². The summed E-state index contributed by atoms with van der Waals surface area (Å²) in [5, 5.41) is 10.0. The molecule has 0 saturated carbocycles. The number of phenolic OH excluding ortho intramolecular Hbond substituents is 1. The van der Waals surface area contributed by atoms with Crippen molar-refractivity contribution in [2.45, 2.75) is 38.3 Å². The number of piperidine rings is 1. The van der Waals surface area contributed by atoms with Crippen molar-refractivity contribution in [2.75, 3.05) is 19.6 Å². The Morgan fingerprint density at radius 3 is 2.48 bits per heavy atom. The van der Waals surface area contributed by atoms with Crippen LogP contribution >= 0.6 is 0 Å². The SMILES string of the molecule is Oc1ccccc1CN1CCC(C2NNCC2CCc2ccccc2)CC1. The second kappa shape index (κ2) is 8.87. The highest BCUT2D eigenvalue weighted by atomic mass is 16.3. The molecule has 0 aromatic heterocycles. The Morgan fingerprint density at radius 1 is 0.963 bits per heavy atom. The number of nitrogens with one attached hydrogen (secondary N) is 2. The summed E-state index contributed by atoms with van der Waals surface area (Å²) in [4.78, 5) is 2.48. The number of para-hydroxylation sites is 1. The molecule has 2 heterocycles. The first-order valence-electron chi connectivity index (χ1n) is 10.3. The van der Waals surface area contributed by atoms with Crippen molar-refractivity contribution in [1.29, 1.82) is 0 Å². The Kier molecular flexibility index (Phi) is 6.07. The first-order valence-corrected chi connectivity index (χ1v) is 10.3. The number of hydrogen-bond donors (Lipinski definition) is 3. The lowest BCUT2D eigenvalue weighted by Crippen LogP contribution is -2.44. The summed E-state index contributed by atoms with van der Waals surface area (Å²) in [5.41, 5.74) is 9.48. The highest BCUT2D eigenvalue weighted by Crippen LogP contribution is 2.30. The highest BCUT2D eigenvalue weighted by Gasteiger charge is 2.35. The number of aromatic hydroxyl groups is 1. The molecule has 2 fully saturated rings. The molecule has 0 amide bonds. The molecule has 4 nitrogen and oxygen atoms in total. The number of rotatable bonds is 6. The molecule has 0 spiro atoms. The van der Waals surface area contributed by atoms with Crippen LogP contribution in [0.15, 0.2) is 54.6 Å². The summed E-state index contributed by atoms with van der Waals surface area (Å²) >= 11 is 0. The first kappa shape index (κ1) is 18.5. The van der Waals surface area contributed by atoms with Gasteiger partial charge >= 0.3 is 0 Å². The molecule has 144 valence electrons. The molecule has 0 radical (unpaired) electrons. The predicted octanol–water partition coefficient (Wildman–Crippen LogP) is 3.33. The normalized spacial score (nSPS) is 24.3. The number of benzene rings is 2. The van der Waals surface area contributed by atoms with E-state index >= 15 is 0 Å². The lowest BCUT2D eigenvalue weighted by atomic mass is 9.81. The number of hydrogen-bond acceptors (Lipinski definition) is 4. The van der Waals surface area contributed by atoms with E-state index in [-0.39, 0.29) is 0 Å². The minimum Gasteiger partial charge on any atom is -0.508 e. The fourth-order valence-electron chi connectivity index (χ4n) is 4.69. The van der Waals surface area contributed by atoms with Crippen molar-refractivity contribution in [3.05, 3.63) is 65.7 Å². The van der Waals surface area contributed by atoms with Gasteiger partial charge in [0.15, 0.2) is 0 Å². The van der Waals surface area contributed by atoms with Gasteiger partial charge < -0.3 is 5.11 Å². The number of nitrogens with zero attached hydrogens (tertiary/aromatic N) is 1. The lowest BCUT2D eigenvalue weighted by Gasteiger charge is -2.36. The summed E-state index contributed by atoms with van der Waals surface area (Å²) < 4.78 is 0. The van der Waals surface area contributed by atoms with Crippen molar-refractivity contribution < 1.29 is 5.11 Å². The van der Waals surface area contributed by atoms with E-state index in [4.69, 9.17) is 0 Å². The molecule has 2 aliphatic rings. The van der Waals surface area contributed by atoms with Crippen molar-refractivity contribution in [1.82, 2.24) is 15.8 Å². The van der Waals surface area contributed by atoms with Crippen LogP contribution in [0.5, 0.6) is 5.75 Å². The monoisotopic (exact) mass is 365 g/mol. The van der Waals surface area contributed by atoms with Crippen LogP contribution in [-0.2, 0) is 13.0 Å². The fraction of sp³-hybridized carbons (Fsp3) is 0.478. The minimum atomic E-state index is 0.419. The van der Waals surface area contributed by atoms with E-state index in [1.54, 1.807) is 6.07 Å². The maximum Gasteiger partial charge on any atom is 0.120 e. The second-order valence-electron chi connectivity index (χ2n) is 8.08. The number of hydrazine groups is 1. The molecular formula is C23H31N3O. The summed E-state index contributed by atoms with van der Waals surface area (Å²) in [7, 11) is 0. The van der Waals surface area contributed by atoms with Gasteiger partial charge in [-0.2, -0.15) is 0 Å². The van der Waals surface area contributed by atoms with Gasteiger partial charge in [-0.1, -0.05) is 48.5 Å². The topological polar surface area (TPSA) is 47.5 Å². The van der Waals surface area contributed by atoms with E-state index in [9.17, 15) is 5.11 Å². The van der Waals surface area contributed by atoms with E-state index in [1.165, 1.54) is 24.8 Å². The average Bonchev–Trinajstić information content (AvgIpc) is 3.18. The molecule has 27 heavy (non-hydrogen) atoms. The van der Waals surface area contributed by atoms with Crippen molar-refractivity contribution >= 4 is 0 Å². The van der Waals surface area contributed by atoms with E-state index in [0.717, 1.165) is 44.1 Å². The molecule has 2 aromatic carbocycles. The van der Waals surface area contributed by atoms with E-state index in [2.05, 4.69) is 46.1 Å².